The summed E-state index contributed by atoms with van der Waals surface area (Å²) >= 11 is 0. The van der Waals surface area contributed by atoms with Crippen LogP contribution in [0.1, 0.15) is 82.0 Å². The Morgan fingerprint density at radius 2 is 0.861 bits per heavy atom. The number of carbonyl (C=O) groups is 6. The predicted molar refractivity (Wildman–Crippen MR) is 128 cm³/mol. The minimum absolute atomic E-state index is 0.0128. The van der Waals surface area contributed by atoms with Gasteiger partial charge in [-0.05, 0) is 39.8 Å². The molecule has 0 aromatic heterocycles. The van der Waals surface area contributed by atoms with Crippen molar-refractivity contribution in [3.05, 3.63) is 58.7 Å². The molecule has 0 aliphatic rings. The fraction of sp³-hybridized carbons (Fsp3) is 0.385. The van der Waals surface area contributed by atoms with Crippen LogP contribution in [0.3, 0.4) is 0 Å². The lowest BCUT2D eigenvalue weighted by Crippen LogP contribution is -2.18. The molecule has 0 amide bonds. The lowest BCUT2D eigenvalue weighted by atomic mass is 9.94. The molecule has 0 radical (unpaired) electrons. The number of ether oxygens (including phenoxy) is 4. The van der Waals surface area contributed by atoms with E-state index in [1.165, 1.54) is 27.7 Å². The summed E-state index contributed by atoms with van der Waals surface area (Å²) in [5.41, 5.74) is -0.154. The molecule has 10 heteroatoms. The Bertz CT molecular complexity index is 999. The highest BCUT2D eigenvalue weighted by Crippen LogP contribution is 2.21. The standard InChI is InChI=1S/C26H30O10/c1-15(2)23(29)33-9-7-11-35-25(31)21-14-22(20(18(6)28)13-19(21)17(5)27)26(32)36-12-8-10-34-24(30)16(3)4/h13-14H,1,3,7-12H2,2,4-6H3. The Morgan fingerprint density at radius 1 is 0.556 bits per heavy atom. The highest BCUT2D eigenvalue weighted by atomic mass is 16.6. The highest BCUT2D eigenvalue weighted by Gasteiger charge is 2.25. The van der Waals surface area contributed by atoms with Crippen molar-refractivity contribution < 1.29 is 47.7 Å². The van der Waals surface area contributed by atoms with Crippen molar-refractivity contribution >= 4 is 35.4 Å². The van der Waals surface area contributed by atoms with Gasteiger partial charge in [-0.15, -0.1) is 0 Å². The van der Waals surface area contributed by atoms with Gasteiger partial charge < -0.3 is 18.9 Å². The van der Waals surface area contributed by atoms with Crippen molar-refractivity contribution in [1.82, 2.24) is 0 Å². The van der Waals surface area contributed by atoms with Gasteiger partial charge in [0.2, 0.25) is 0 Å². The van der Waals surface area contributed by atoms with Crippen LogP contribution >= 0.6 is 0 Å². The molecule has 36 heavy (non-hydrogen) atoms. The van der Waals surface area contributed by atoms with Crippen LogP contribution < -0.4 is 0 Å². The van der Waals surface area contributed by atoms with Crippen LogP contribution in [-0.2, 0) is 28.5 Å². The second kappa shape index (κ2) is 14.3. The van der Waals surface area contributed by atoms with Crippen molar-refractivity contribution in [1.29, 1.82) is 0 Å². The van der Waals surface area contributed by atoms with E-state index in [0.717, 1.165) is 12.1 Å². The van der Waals surface area contributed by atoms with E-state index in [1.807, 2.05) is 0 Å². The quantitative estimate of drug-likeness (QED) is 0.122. The summed E-state index contributed by atoms with van der Waals surface area (Å²) in [5, 5.41) is 0. The maximum atomic E-state index is 12.7. The number of ketones is 2. The molecule has 0 aliphatic heterocycles. The van der Waals surface area contributed by atoms with E-state index < -0.39 is 35.4 Å². The molecular weight excluding hydrogens is 472 g/mol. The zero-order valence-corrected chi connectivity index (χ0v) is 20.9. The molecule has 1 aromatic rings. The second-order valence-corrected chi connectivity index (χ2v) is 7.87. The molecule has 0 saturated heterocycles. The minimum atomic E-state index is -0.901. The minimum Gasteiger partial charge on any atom is -0.462 e. The molecule has 194 valence electrons. The summed E-state index contributed by atoms with van der Waals surface area (Å²) in [5.74, 6) is -3.97. The molecule has 0 unspecified atom stereocenters. The molecule has 1 rings (SSSR count). The van der Waals surface area contributed by atoms with Gasteiger partial charge in [-0.25, -0.2) is 19.2 Å². The number of hydrogen-bond donors (Lipinski definition) is 0. The van der Waals surface area contributed by atoms with Gasteiger partial charge in [-0.2, -0.15) is 0 Å². The number of rotatable bonds is 14. The van der Waals surface area contributed by atoms with Crippen LogP contribution in [-0.4, -0.2) is 61.9 Å². The van der Waals surface area contributed by atoms with Gasteiger partial charge in [0.15, 0.2) is 11.6 Å². The summed E-state index contributed by atoms with van der Waals surface area (Å²) in [4.78, 5) is 72.3. The van der Waals surface area contributed by atoms with E-state index in [4.69, 9.17) is 18.9 Å². The fourth-order valence-electron chi connectivity index (χ4n) is 2.70. The monoisotopic (exact) mass is 502 g/mol. The van der Waals surface area contributed by atoms with Gasteiger partial charge in [0.05, 0.1) is 37.6 Å². The maximum absolute atomic E-state index is 12.7. The molecule has 0 N–H and O–H groups in total. The molecule has 0 heterocycles. The number of carbonyl (C=O) groups excluding carboxylic acids is 6. The zero-order chi connectivity index (χ0) is 27.4. The van der Waals surface area contributed by atoms with Crippen molar-refractivity contribution in [2.24, 2.45) is 0 Å². The average Bonchev–Trinajstić information content (AvgIpc) is 2.81. The van der Waals surface area contributed by atoms with Crippen LogP contribution in [0.15, 0.2) is 36.4 Å². The van der Waals surface area contributed by atoms with Gasteiger partial charge in [0.25, 0.3) is 0 Å². The third-order valence-electron chi connectivity index (χ3n) is 4.56. The number of Topliss-reactive ketones (excluding diaryl/α,β-unsaturated/α-hetero) is 2. The first-order valence-electron chi connectivity index (χ1n) is 11.1. The molecule has 0 fully saturated rings. The Morgan fingerprint density at radius 3 is 1.17 bits per heavy atom. The molecule has 0 saturated carbocycles. The lowest BCUT2D eigenvalue weighted by molar-refractivity contribution is -0.140. The van der Waals surface area contributed by atoms with Gasteiger partial charge >= 0.3 is 23.9 Å². The molecule has 1 aromatic carbocycles. The van der Waals surface area contributed by atoms with Gasteiger partial charge in [-0.3, -0.25) is 9.59 Å². The first-order valence-corrected chi connectivity index (χ1v) is 11.1. The van der Waals surface area contributed by atoms with Crippen molar-refractivity contribution in [2.45, 2.75) is 40.5 Å². The van der Waals surface area contributed by atoms with Crippen LogP contribution in [0.4, 0.5) is 0 Å². The van der Waals surface area contributed by atoms with Crippen molar-refractivity contribution in [3.8, 4) is 0 Å². The Hall–Kier alpha value is -4.08. The van der Waals surface area contributed by atoms with E-state index in [9.17, 15) is 28.8 Å². The molecule has 10 nitrogen and oxygen atoms in total. The summed E-state index contributed by atoms with van der Waals surface area (Å²) in [6.07, 6.45) is 0.382. The third kappa shape index (κ3) is 9.28. The first-order chi connectivity index (χ1) is 16.9. The third-order valence-corrected chi connectivity index (χ3v) is 4.56. The van der Waals surface area contributed by atoms with E-state index in [2.05, 4.69) is 13.2 Å². The second-order valence-electron chi connectivity index (χ2n) is 7.87. The van der Waals surface area contributed by atoms with Gasteiger partial charge in [0.1, 0.15) is 0 Å². The summed E-state index contributed by atoms with van der Waals surface area (Å²) in [7, 11) is 0. The summed E-state index contributed by atoms with van der Waals surface area (Å²) < 4.78 is 20.1. The molecule has 0 spiro atoms. The van der Waals surface area contributed by atoms with Crippen LogP contribution in [0.2, 0.25) is 0 Å². The van der Waals surface area contributed by atoms with E-state index in [1.54, 1.807) is 0 Å². The van der Waals surface area contributed by atoms with Gasteiger partial charge in [-0.1, -0.05) is 13.2 Å². The van der Waals surface area contributed by atoms with Crippen LogP contribution in [0.5, 0.6) is 0 Å². The molecule has 0 aliphatic carbocycles. The topological polar surface area (TPSA) is 139 Å². The summed E-state index contributed by atoms with van der Waals surface area (Å²) in [6, 6.07) is 2.24. The molecule has 0 atom stereocenters. The van der Waals surface area contributed by atoms with Crippen LogP contribution in [0.25, 0.3) is 0 Å². The van der Waals surface area contributed by atoms with E-state index in [-0.39, 0.29) is 72.7 Å². The zero-order valence-electron chi connectivity index (χ0n) is 20.9. The molecule has 0 bridgehead atoms. The Labute approximate surface area is 209 Å². The van der Waals surface area contributed by atoms with Crippen molar-refractivity contribution in [2.75, 3.05) is 26.4 Å². The molecular formula is C26H30O10. The smallest absolute Gasteiger partial charge is 0.338 e. The number of benzene rings is 1. The lowest BCUT2D eigenvalue weighted by Gasteiger charge is -2.13. The Kier molecular flexibility index (Phi) is 11.9. The Balaban J connectivity index is 2.95. The van der Waals surface area contributed by atoms with E-state index in [0.29, 0.717) is 0 Å². The van der Waals surface area contributed by atoms with E-state index >= 15 is 0 Å². The SMILES string of the molecule is C=C(C)C(=O)OCCCOC(=O)c1cc(C(=O)OCCCOC(=O)C(=C)C)c(C(C)=O)cc1C(C)=O. The predicted octanol–water partition coefficient (Wildman–Crippen LogP) is 3.42. The highest BCUT2D eigenvalue weighted by molar-refractivity contribution is 6.12. The first kappa shape index (κ1) is 30.0. The largest absolute Gasteiger partial charge is 0.462 e. The van der Waals surface area contributed by atoms with Crippen LogP contribution in [0, 0.1) is 0 Å². The fourth-order valence-corrected chi connectivity index (χ4v) is 2.70. The summed E-state index contributed by atoms with van der Waals surface area (Å²) in [6.45, 7) is 12.0. The number of hydrogen-bond acceptors (Lipinski definition) is 10. The number of esters is 4. The maximum Gasteiger partial charge on any atom is 0.338 e. The normalized spacial score (nSPS) is 10.1. The van der Waals surface area contributed by atoms with Gasteiger partial charge in [0, 0.05) is 35.1 Å². The van der Waals surface area contributed by atoms with Crippen molar-refractivity contribution in [3.63, 3.8) is 0 Å². The average molecular weight is 503 g/mol.